The molecule has 3 rings (SSSR count). The molecular weight excluding hydrogens is 326 g/mol. The Morgan fingerprint density at radius 3 is 2.28 bits per heavy atom. The molecule has 0 aliphatic heterocycles. The average Bonchev–Trinajstić information content (AvgIpc) is 2.67. The molecule has 1 amide bonds. The van der Waals surface area contributed by atoms with E-state index in [-0.39, 0.29) is 11.2 Å². The smallest absolute Gasteiger partial charge is 0.242 e. The second kappa shape index (κ2) is 8.54. The number of aryl methyl sites for hydroxylation is 1. The molecule has 0 fully saturated rings. The molecule has 0 aliphatic carbocycles. The molecule has 25 heavy (non-hydrogen) atoms. The van der Waals surface area contributed by atoms with E-state index in [9.17, 15) is 4.79 Å². The van der Waals surface area contributed by atoms with Crippen LogP contribution in [-0.2, 0) is 11.2 Å². The molecule has 0 aromatic heterocycles. The van der Waals surface area contributed by atoms with Gasteiger partial charge in [0.2, 0.25) is 5.91 Å². The molecule has 2 nitrogen and oxygen atoms in total. The molecule has 0 saturated carbocycles. The normalized spacial score (nSPS) is 11.7. The van der Waals surface area contributed by atoms with Gasteiger partial charge in [0, 0.05) is 10.6 Å². The molecule has 0 spiro atoms. The molecular formula is C22H21NOS. The van der Waals surface area contributed by atoms with Gasteiger partial charge in [-0.1, -0.05) is 67.6 Å². The van der Waals surface area contributed by atoms with Gasteiger partial charge in [-0.25, -0.2) is 0 Å². The van der Waals surface area contributed by atoms with E-state index >= 15 is 0 Å². The Hall–Kier alpha value is -2.52. The van der Waals surface area contributed by atoms with Crippen LogP contribution in [-0.4, -0.2) is 5.91 Å². The monoisotopic (exact) mass is 347 g/mol. The number of carbonyl (C=O) groups excluding carboxylic acids is 1. The minimum atomic E-state index is -0.297. The Kier molecular flexibility index (Phi) is 5.91. The second-order valence-electron chi connectivity index (χ2n) is 5.76. The molecule has 1 unspecified atom stereocenters. The number of hydrogen-bond acceptors (Lipinski definition) is 2. The molecule has 0 bridgehead atoms. The van der Waals surface area contributed by atoms with Crippen molar-refractivity contribution in [2.45, 2.75) is 23.5 Å². The van der Waals surface area contributed by atoms with Crippen molar-refractivity contribution in [1.29, 1.82) is 0 Å². The van der Waals surface area contributed by atoms with Crippen LogP contribution in [0, 0.1) is 0 Å². The van der Waals surface area contributed by atoms with E-state index in [1.54, 1.807) is 11.8 Å². The zero-order chi connectivity index (χ0) is 17.5. The van der Waals surface area contributed by atoms with Gasteiger partial charge in [0.05, 0.1) is 0 Å². The summed E-state index contributed by atoms with van der Waals surface area (Å²) in [4.78, 5) is 14.1. The summed E-state index contributed by atoms with van der Waals surface area (Å²) in [7, 11) is 0. The minimum Gasteiger partial charge on any atom is -0.325 e. The van der Waals surface area contributed by atoms with Crippen molar-refractivity contribution in [3.63, 3.8) is 0 Å². The largest absolute Gasteiger partial charge is 0.325 e. The number of benzene rings is 3. The van der Waals surface area contributed by atoms with Gasteiger partial charge in [0.15, 0.2) is 0 Å². The zero-order valence-electron chi connectivity index (χ0n) is 14.2. The van der Waals surface area contributed by atoms with E-state index in [0.717, 1.165) is 22.6 Å². The van der Waals surface area contributed by atoms with Crippen LogP contribution in [0.5, 0.6) is 0 Å². The van der Waals surface area contributed by atoms with E-state index in [4.69, 9.17) is 0 Å². The van der Waals surface area contributed by atoms with Crippen molar-refractivity contribution >= 4 is 23.4 Å². The molecule has 0 aliphatic rings. The highest BCUT2D eigenvalue weighted by Gasteiger charge is 2.22. The third kappa shape index (κ3) is 4.74. The maximum Gasteiger partial charge on any atom is 0.242 e. The molecule has 3 heteroatoms. The molecule has 1 atom stereocenters. The lowest BCUT2D eigenvalue weighted by Crippen LogP contribution is -2.19. The highest BCUT2D eigenvalue weighted by Crippen LogP contribution is 2.36. The maximum absolute atomic E-state index is 13.0. The standard InChI is InChI=1S/C22H21NOS/c1-2-17-10-9-13-19(16-17)23-22(24)21(18-11-5-3-6-12-18)25-20-14-7-4-8-15-20/h3-16,21H,2H2,1H3,(H,23,24). The SMILES string of the molecule is CCc1cccc(NC(=O)C(Sc2ccccc2)c2ccccc2)c1. The summed E-state index contributed by atoms with van der Waals surface area (Å²) in [5.41, 5.74) is 3.06. The van der Waals surface area contributed by atoms with Crippen LogP contribution in [0.4, 0.5) is 5.69 Å². The van der Waals surface area contributed by atoms with Crippen molar-refractivity contribution < 1.29 is 4.79 Å². The van der Waals surface area contributed by atoms with Gasteiger partial charge in [0.25, 0.3) is 0 Å². The lowest BCUT2D eigenvalue weighted by molar-refractivity contribution is -0.115. The highest BCUT2D eigenvalue weighted by atomic mass is 32.2. The number of anilines is 1. The van der Waals surface area contributed by atoms with Gasteiger partial charge in [-0.2, -0.15) is 0 Å². The molecule has 0 radical (unpaired) electrons. The van der Waals surface area contributed by atoms with Gasteiger partial charge in [-0.3, -0.25) is 4.79 Å². The first-order valence-corrected chi connectivity index (χ1v) is 9.30. The molecule has 126 valence electrons. The van der Waals surface area contributed by atoms with Crippen LogP contribution < -0.4 is 5.32 Å². The van der Waals surface area contributed by atoms with Gasteiger partial charge in [-0.05, 0) is 41.8 Å². The van der Waals surface area contributed by atoms with Crippen molar-refractivity contribution in [3.05, 3.63) is 96.1 Å². The molecule has 0 heterocycles. The predicted molar refractivity (Wildman–Crippen MR) is 106 cm³/mol. The average molecular weight is 347 g/mol. The summed E-state index contributed by atoms with van der Waals surface area (Å²) in [6, 6.07) is 28.0. The van der Waals surface area contributed by atoms with Gasteiger partial charge in [-0.15, -0.1) is 11.8 Å². The lowest BCUT2D eigenvalue weighted by atomic mass is 10.1. The Labute approximate surface area is 153 Å². The summed E-state index contributed by atoms with van der Waals surface area (Å²) in [6.45, 7) is 2.11. The van der Waals surface area contributed by atoms with E-state index in [0.29, 0.717) is 0 Å². The first-order valence-electron chi connectivity index (χ1n) is 8.42. The van der Waals surface area contributed by atoms with E-state index in [1.807, 2.05) is 78.9 Å². The molecule has 3 aromatic carbocycles. The highest BCUT2D eigenvalue weighted by molar-refractivity contribution is 8.00. The Morgan fingerprint density at radius 2 is 1.60 bits per heavy atom. The number of nitrogens with one attached hydrogen (secondary N) is 1. The Balaban J connectivity index is 1.84. The Bertz CT molecular complexity index is 818. The van der Waals surface area contributed by atoms with Crippen molar-refractivity contribution in [2.24, 2.45) is 0 Å². The van der Waals surface area contributed by atoms with Crippen LogP contribution in [0.2, 0.25) is 0 Å². The van der Waals surface area contributed by atoms with Gasteiger partial charge < -0.3 is 5.32 Å². The summed E-state index contributed by atoms with van der Waals surface area (Å²) in [5, 5.41) is 2.78. The fourth-order valence-corrected chi connectivity index (χ4v) is 3.66. The van der Waals surface area contributed by atoms with Gasteiger partial charge >= 0.3 is 0 Å². The number of hydrogen-bond donors (Lipinski definition) is 1. The summed E-state index contributed by atoms with van der Waals surface area (Å²) < 4.78 is 0. The van der Waals surface area contributed by atoms with Crippen molar-refractivity contribution in [2.75, 3.05) is 5.32 Å². The topological polar surface area (TPSA) is 29.1 Å². The van der Waals surface area contributed by atoms with Crippen LogP contribution in [0.3, 0.4) is 0 Å². The third-order valence-corrected chi connectivity index (χ3v) is 5.21. The van der Waals surface area contributed by atoms with Crippen LogP contribution >= 0.6 is 11.8 Å². The lowest BCUT2D eigenvalue weighted by Gasteiger charge is -2.17. The fraction of sp³-hybridized carbons (Fsp3) is 0.136. The molecule has 3 aromatic rings. The first kappa shape index (κ1) is 17.3. The van der Waals surface area contributed by atoms with Crippen LogP contribution in [0.1, 0.15) is 23.3 Å². The number of thioether (sulfide) groups is 1. The number of amides is 1. The van der Waals surface area contributed by atoms with E-state index < -0.39 is 0 Å². The minimum absolute atomic E-state index is 0.00620. The number of carbonyl (C=O) groups is 1. The maximum atomic E-state index is 13.0. The first-order chi connectivity index (χ1) is 12.3. The third-order valence-electron chi connectivity index (χ3n) is 3.94. The predicted octanol–water partition coefficient (Wildman–Crippen LogP) is 5.72. The zero-order valence-corrected chi connectivity index (χ0v) is 15.0. The van der Waals surface area contributed by atoms with E-state index in [1.165, 1.54) is 5.56 Å². The second-order valence-corrected chi connectivity index (χ2v) is 6.94. The van der Waals surface area contributed by atoms with Crippen molar-refractivity contribution in [1.82, 2.24) is 0 Å². The fourth-order valence-electron chi connectivity index (χ4n) is 2.61. The summed E-state index contributed by atoms with van der Waals surface area (Å²) in [5.74, 6) is -0.00620. The van der Waals surface area contributed by atoms with E-state index in [2.05, 4.69) is 18.3 Å². The quantitative estimate of drug-likeness (QED) is 0.578. The number of rotatable bonds is 6. The Morgan fingerprint density at radius 1 is 0.920 bits per heavy atom. The summed E-state index contributed by atoms with van der Waals surface area (Å²) >= 11 is 1.57. The van der Waals surface area contributed by atoms with Gasteiger partial charge in [0.1, 0.15) is 5.25 Å². The van der Waals surface area contributed by atoms with Crippen LogP contribution in [0.15, 0.2) is 89.8 Å². The molecule has 1 N–H and O–H groups in total. The summed E-state index contributed by atoms with van der Waals surface area (Å²) in [6.07, 6.45) is 0.949. The van der Waals surface area contributed by atoms with Crippen LogP contribution in [0.25, 0.3) is 0 Å². The molecule has 0 saturated heterocycles. The van der Waals surface area contributed by atoms with Crippen molar-refractivity contribution in [3.8, 4) is 0 Å².